The molecule has 1 saturated carbocycles. The summed E-state index contributed by atoms with van der Waals surface area (Å²) in [6.45, 7) is 0.0824. The minimum absolute atomic E-state index is 0.0824. The lowest BCUT2D eigenvalue weighted by Crippen LogP contribution is -2.11. The number of halogens is 4. The molecule has 1 aromatic carbocycles. The highest BCUT2D eigenvalue weighted by Crippen LogP contribution is 2.40. The molecule has 0 spiro atoms. The molecule has 24 heavy (non-hydrogen) atoms. The molecule has 0 radical (unpaired) electrons. The largest absolute Gasteiger partial charge is 0.418 e. The van der Waals surface area contributed by atoms with E-state index in [2.05, 4.69) is 15.5 Å². The molecule has 0 bridgehead atoms. The molecule has 1 N–H and O–H groups in total. The molecule has 1 heterocycles. The fourth-order valence-corrected chi connectivity index (χ4v) is 2.57. The Morgan fingerprint density at radius 2 is 2.12 bits per heavy atom. The normalized spacial score (nSPS) is 14.7. The second kappa shape index (κ2) is 5.93. The molecule has 1 aliphatic rings. The summed E-state index contributed by atoms with van der Waals surface area (Å²) < 4.78 is 40.3. The number of hydrogen-bond acceptors (Lipinski definition) is 5. The molecule has 0 aliphatic heterocycles. The maximum atomic E-state index is 12.8. The van der Waals surface area contributed by atoms with Gasteiger partial charge in [0.05, 0.1) is 22.1 Å². The van der Waals surface area contributed by atoms with Crippen LogP contribution in [-0.2, 0) is 12.7 Å². The van der Waals surface area contributed by atoms with Crippen molar-refractivity contribution in [3.63, 3.8) is 0 Å². The van der Waals surface area contributed by atoms with Crippen LogP contribution in [0.5, 0.6) is 0 Å². The predicted molar refractivity (Wildman–Crippen MR) is 78.7 cm³/mol. The number of nitro groups is 1. The maximum Gasteiger partial charge on any atom is 0.418 e. The Balaban J connectivity index is 1.88. The number of hydrogen-bond donors (Lipinski definition) is 1. The van der Waals surface area contributed by atoms with Gasteiger partial charge in [0.25, 0.3) is 5.69 Å². The van der Waals surface area contributed by atoms with Crippen LogP contribution in [0.25, 0.3) is 0 Å². The van der Waals surface area contributed by atoms with Gasteiger partial charge in [-0.05, 0) is 18.9 Å². The van der Waals surface area contributed by atoms with E-state index in [1.165, 1.54) is 0 Å². The van der Waals surface area contributed by atoms with Crippen molar-refractivity contribution in [1.82, 2.24) is 14.8 Å². The third-order valence-electron chi connectivity index (χ3n) is 3.61. The monoisotopic (exact) mass is 361 g/mol. The predicted octanol–water partition coefficient (Wildman–Crippen LogP) is 3.81. The van der Waals surface area contributed by atoms with Crippen LogP contribution in [0.15, 0.2) is 18.5 Å². The van der Waals surface area contributed by atoms with Crippen molar-refractivity contribution in [2.24, 2.45) is 0 Å². The molecule has 1 aliphatic carbocycles. The van der Waals surface area contributed by atoms with E-state index in [4.69, 9.17) is 11.6 Å². The van der Waals surface area contributed by atoms with Crippen LogP contribution in [0, 0.1) is 10.1 Å². The van der Waals surface area contributed by atoms with Crippen LogP contribution in [-0.4, -0.2) is 19.7 Å². The van der Waals surface area contributed by atoms with Gasteiger partial charge in [0, 0.05) is 12.1 Å². The van der Waals surface area contributed by atoms with E-state index in [0.29, 0.717) is 17.9 Å². The van der Waals surface area contributed by atoms with Gasteiger partial charge in [0.2, 0.25) is 0 Å². The van der Waals surface area contributed by atoms with Crippen LogP contribution >= 0.6 is 11.6 Å². The van der Waals surface area contributed by atoms with Crippen LogP contribution in [0.2, 0.25) is 5.02 Å². The lowest BCUT2D eigenvalue weighted by molar-refractivity contribution is -0.384. The van der Waals surface area contributed by atoms with Gasteiger partial charge in [0.1, 0.15) is 12.0 Å². The summed E-state index contributed by atoms with van der Waals surface area (Å²) >= 11 is 5.63. The number of anilines is 1. The second-order valence-corrected chi connectivity index (χ2v) is 5.75. The standard InChI is InChI=1S/C13H11ClF3N5O2/c14-9-4-10(11(22(23)24)3-8(9)13(15,16)17)18-5-12-20-19-6-21(12)7-1-2-7/h3-4,6-7,18H,1-2,5H2. The molecule has 3 rings (SSSR count). The molecule has 0 atom stereocenters. The van der Waals surface area contributed by atoms with Crippen LogP contribution in [0.1, 0.15) is 30.3 Å². The van der Waals surface area contributed by atoms with Crippen molar-refractivity contribution in [2.45, 2.75) is 31.6 Å². The molecule has 7 nitrogen and oxygen atoms in total. The zero-order valence-electron chi connectivity index (χ0n) is 12.0. The van der Waals surface area contributed by atoms with Gasteiger partial charge in [-0.25, -0.2) is 0 Å². The SMILES string of the molecule is O=[N+]([O-])c1cc(C(F)(F)F)c(Cl)cc1NCc1nncn1C1CC1. The molecule has 2 aromatic rings. The van der Waals surface area contributed by atoms with Gasteiger partial charge < -0.3 is 9.88 Å². The summed E-state index contributed by atoms with van der Waals surface area (Å²) in [6.07, 6.45) is -1.22. The highest BCUT2D eigenvalue weighted by Gasteiger charge is 2.36. The summed E-state index contributed by atoms with van der Waals surface area (Å²) in [7, 11) is 0. The second-order valence-electron chi connectivity index (χ2n) is 5.34. The topological polar surface area (TPSA) is 85.9 Å². The Kier molecular flexibility index (Phi) is 4.08. The highest BCUT2D eigenvalue weighted by molar-refractivity contribution is 6.31. The van der Waals surface area contributed by atoms with Crippen molar-refractivity contribution in [3.05, 3.63) is 45.0 Å². The maximum absolute atomic E-state index is 12.8. The van der Waals surface area contributed by atoms with Crippen LogP contribution in [0.4, 0.5) is 24.5 Å². The Labute approximate surface area is 138 Å². The zero-order valence-corrected chi connectivity index (χ0v) is 12.8. The minimum atomic E-state index is -4.77. The van der Waals surface area contributed by atoms with E-state index < -0.39 is 27.4 Å². The number of nitro benzene ring substituents is 1. The zero-order chi connectivity index (χ0) is 17.5. The van der Waals surface area contributed by atoms with Crippen molar-refractivity contribution < 1.29 is 18.1 Å². The summed E-state index contributed by atoms with van der Waals surface area (Å²) in [5.41, 5.74) is -2.06. The molecule has 11 heteroatoms. The van der Waals surface area contributed by atoms with E-state index in [1.807, 2.05) is 4.57 Å². The molecule has 0 unspecified atom stereocenters. The van der Waals surface area contributed by atoms with Gasteiger partial charge in [-0.1, -0.05) is 11.6 Å². The average Bonchev–Trinajstić information content (AvgIpc) is 3.22. The molecule has 128 valence electrons. The number of benzene rings is 1. The van der Waals surface area contributed by atoms with Crippen LogP contribution < -0.4 is 5.32 Å². The highest BCUT2D eigenvalue weighted by atomic mass is 35.5. The Bertz CT molecular complexity index is 788. The number of nitrogens with one attached hydrogen (secondary N) is 1. The molecular weight excluding hydrogens is 351 g/mol. The van der Waals surface area contributed by atoms with Crippen molar-refractivity contribution >= 4 is 23.0 Å². The van der Waals surface area contributed by atoms with Crippen molar-refractivity contribution in [3.8, 4) is 0 Å². The Morgan fingerprint density at radius 3 is 2.71 bits per heavy atom. The molecule has 0 saturated heterocycles. The van der Waals surface area contributed by atoms with Gasteiger partial charge in [0.15, 0.2) is 5.82 Å². The summed E-state index contributed by atoms with van der Waals surface area (Å²) in [5.74, 6) is 0.544. The summed E-state index contributed by atoms with van der Waals surface area (Å²) in [6, 6.07) is 1.64. The smallest absolute Gasteiger partial charge is 0.372 e. The van der Waals surface area contributed by atoms with Gasteiger partial charge in [-0.15, -0.1) is 10.2 Å². The first-order valence-electron chi connectivity index (χ1n) is 6.94. The van der Waals surface area contributed by atoms with Gasteiger partial charge in [-0.3, -0.25) is 10.1 Å². The molecule has 0 amide bonds. The third-order valence-corrected chi connectivity index (χ3v) is 3.92. The van der Waals surface area contributed by atoms with E-state index in [9.17, 15) is 23.3 Å². The Hall–Kier alpha value is -2.36. The third kappa shape index (κ3) is 3.28. The Morgan fingerprint density at radius 1 is 1.42 bits per heavy atom. The summed E-state index contributed by atoms with van der Waals surface area (Å²) in [5, 5.41) is 20.9. The number of aromatic nitrogens is 3. The lowest BCUT2D eigenvalue weighted by Gasteiger charge is -2.12. The van der Waals surface area contributed by atoms with E-state index in [-0.39, 0.29) is 12.2 Å². The van der Waals surface area contributed by atoms with Gasteiger partial charge >= 0.3 is 6.18 Å². The first-order valence-corrected chi connectivity index (χ1v) is 7.32. The number of rotatable bonds is 5. The first kappa shape index (κ1) is 16.5. The molecule has 1 aromatic heterocycles. The number of alkyl halides is 3. The molecule has 1 fully saturated rings. The van der Waals surface area contributed by atoms with E-state index in [1.54, 1.807) is 6.33 Å². The van der Waals surface area contributed by atoms with E-state index >= 15 is 0 Å². The fraction of sp³-hybridized carbons (Fsp3) is 0.385. The van der Waals surface area contributed by atoms with Gasteiger partial charge in [-0.2, -0.15) is 13.2 Å². The van der Waals surface area contributed by atoms with E-state index in [0.717, 1.165) is 18.9 Å². The molecular formula is C13H11ClF3N5O2. The lowest BCUT2D eigenvalue weighted by atomic mass is 10.1. The average molecular weight is 362 g/mol. The number of nitrogens with zero attached hydrogens (tertiary/aromatic N) is 4. The summed E-state index contributed by atoms with van der Waals surface area (Å²) in [4.78, 5) is 10.2. The van der Waals surface area contributed by atoms with Crippen molar-refractivity contribution in [2.75, 3.05) is 5.32 Å². The van der Waals surface area contributed by atoms with Crippen molar-refractivity contribution in [1.29, 1.82) is 0 Å². The first-order chi connectivity index (χ1) is 11.3. The minimum Gasteiger partial charge on any atom is -0.372 e. The van der Waals surface area contributed by atoms with Crippen LogP contribution in [0.3, 0.4) is 0 Å². The quantitative estimate of drug-likeness (QED) is 0.646. The fourth-order valence-electron chi connectivity index (χ4n) is 2.30.